The van der Waals surface area contributed by atoms with Crippen molar-refractivity contribution in [2.45, 2.75) is 138 Å². The number of hydrogen-bond donors (Lipinski definition) is 2. The molecule has 0 saturated heterocycles. The maximum atomic E-state index is 10.9. The highest BCUT2D eigenvalue weighted by molar-refractivity contribution is 5.38. The molecule has 0 heterocycles. The molecule has 3 fully saturated rings. The molecule has 0 spiro atoms. The normalized spacial score (nSPS) is 54.5. The second-order valence-electron chi connectivity index (χ2n) is 15.3. The van der Waals surface area contributed by atoms with Gasteiger partial charge in [0, 0.05) is 0 Å². The van der Waals surface area contributed by atoms with Crippen molar-refractivity contribution >= 4 is 0 Å². The molecule has 9 atom stereocenters. The number of aliphatic hydroxyl groups is 2. The maximum Gasteiger partial charge on any atom is 0.0594 e. The summed E-state index contributed by atoms with van der Waals surface area (Å²) in [6.07, 6.45) is 13.1. The van der Waals surface area contributed by atoms with E-state index in [1.165, 1.54) is 57.8 Å². The van der Waals surface area contributed by atoms with E-state index in [2.05, 4.69) is 48.5 Å². The van der Waals surface area contributed by atoms with Gasteiger partial charge in [-0.1, -0.05) is 59.6 Å². The van der Waals surface area contributed by atoms with E-state index in [1.54, 1.807) is 0 Å². The van der Waals surface area contributed by atoms with Gasteiger partial charge in [-0.2, -0.15) is 0 Å². The first-order valence-electron chi connectivity index (χ1n) is 14.2. The zero-order chi connectivity index (χ0) is 24.2. The van der Waals surface area contributed by atoms with E-state index in [4.69, 9.17) is 0 Å². The molecule has 2 heteroatoms. The molecule has 5 rings (SSSR count). The van der Waals surface area contributed by atoms with Gasteiger partial charge < -0.3 is 10.2 Å². The van der Waals surface area contributed by atoms with Gasteiger partial charge in [-0.3, -0.25) is 0 Å². The summed E-state index contributed by atoms with van der Waals surface area (Å²) in [5.41, 5.74) is 5.04. The number of rotatable bonds is 1. The smallest absolute Gasteiger partial charge is 0.0594 e. The summed E-state index contributed by atoms with van der Waals surface area (Å²) < 4.78 is 0. The Morgan fingerprint density at radius 1 is 0.758 bits per heavy atom. The minimum Gasteiger partial charge on any atom is -0.393 e. The molecule has 5 aliphatic rings. The first-order valence-corrected chi connectivity index (χ1v) is 14.2. The minimum absolute atomic E-state index is 0.0147. The van der Waals surface area contributed by atoms with E-state index >= 15 is 0 Å². The van der Waals surface area contributed by atoms with Gasteiger partial charge in [0.1, 0.15) is 0 Å². The molecule has 0 radical (unpaired) electrons. The molecule has 0 aromatic rings. The first-order chi connectivity index (χ1) is 15.1. The first kappa shape index (κ1) is 24.4. The second-order valence-corrected chi connectivity index (χ2v) is 15.3. The Morgan fingerprint density at radius 3 is 2.09 bits per heavy atom. The minimum atomic E-state index is -0.220. The molecule has 2 nitrogen and oxygen atoms in total. The Balaban J connectivity index is 1.58. The third-order valence-corrected chi connectivity index (χ3v) is 13.8. The van der Waals surface area contributed by atoms with Crippen LogP contribution in [0, 0.1) is 44.3 Å². The predicted octanol–water partition coefficient (Wildman–Crippen LogP) is 7.67. The van der Waals surface area contributed by atoms with Crippen LogP contribution in [0.4, 0.5) is 0 Å². The standard InChI is InChI=1S/C31H52O2/c1-20(32)28(5)16-15-27(4)17-18-30(7)22-9-10-23-26(2,3)25(33)12-13-29(23,6)21(22)11-14-31(30,8)24(27)19-28/h20,23-25,32-33H,9-19H2,1-8H3/t20-,23-,24+,25-,27+,28+,29+,30+,31-/m0/s1. The topological polar surface area (TPSA) is 40.5 Å². The van der Waals surface area contributed by atoms with Crippen molar-refractivity contribution in [3.8, 4) is 0 Å². The van der Waals surface area contributed by atoms with E-state index < -0.39 is 0 Å². The molecule has 2 N–H and O–H groups in total. The lowest BCUT2D eigenvalue weighted by molar-refractivity contribution is -0.168. The fraction of sp³-hybridized carbons (Fsp3) is 0.935. The van der Waals surface area contributed by atoms with Crippen LogP contribution in [0.2, 0.25) is 0 Å². The summed E-state index contributed by atoms with van der Waals surface area (Å²) in [6.45, 7) is 19.6. The fourth-order valence-electron chi connectivity index (χ4n) is 10.7. The molecule has 33 heavy (non-hydrogen) atoms. The molecular formula is C31H52O2. The quantitative estimate of drug-likeness (QED) is 0.397. The number of hydrogen-bond acceptors (Lipinski definition) is 2. The van der Waals surface area contributed by atoms with Crippen molar-refractivity contribution in [1.82, 2.24) is 0 Å². The van der Waals surface area contributed by atoms with Crippen LogP contribution in [0.5, 0.6) is 0 Å². The molecule has 0 aromatic carbocycles. The molecule has 0 bridgehead atoms. The molecular weight excluding hydrogens is 404 g/mol. The average Bonchev–Trinajstić information content (AvgIpc) is 2.74. The van der Waals surface area contributed by atoms with Crippen molar-refractivity contribution < 1.29 is 10.2 Å². The van der Waals surface area contributed by atoms with Crippen LogP contribution in [0.25, 0.3) is 0 Å². The van der Waals surface area contributed by atoms with Crippen LogP contribution in [0.15, 0.2) is 11.1 Å². The van der Waals surface area contributed by atoms with Crippen LogP contribution in [-0.2, 0) is 0 Å². The van der Waals surface area contributed by atoms with Gasteiger partial charge >= 0.3 is 0 Å². The van der Waals surface area contributed by atoms with Gasteiger partial charge in [-0.15, -0.1) is 0 Å². The van der Waals surface area contributed by atoms with Gasteiger partial charge in [0.2, 0.25) is 0 Å². The van der Waals surface area contributed by atoms with Crippen LogP contribution in [0.1, 0.15) is 126 Å². The highest BCUT2D eigenvalue weighted by atomic mass is 16.3. The summed E-state index contributed by atoms with van der Waals surface area (Å²) in [5.74, 6) is 1.30. The van der Waals surface area contributed by atoms with Crippen LogP contribution >= 0.6 is 0 Å². The summed E-state index contributed by atoms with van der Waals surface area (Å²) in [7, 11) is 0. The zero-order valence-electron chi connectivity index (χ0n) is 23.0. The van der Waals surface area contributed by atoms with Gasteiger partial charge in [0.25, 0.3) is 0 Å². The SMILES string of the molecule is C[C@H](O)[C@]1(C)CC[C@]2(C)CC[C@]3(C)C4=C(CC[C@@]3(C)[C@@H]2C1)[C@@]1(C)CC[C@H](O)C(C)(C)[C@@H]1CC4. The lowest BCUT2D eigenvalue weighted by Crippen LogP contribution is -2.61. The third kappa shape index (κ3) is 2.98. The Labute approximate surface area is 204 Å². The van der Waals surface area contributed by atoms with Crippen molar-refractivity contribution in [3.05, 3.63) is 11.1 Å². The summed E-state index contributed by atoms with van der Waals surface area (Å²) in [4.78, 5) is 0. The van der Waals surface area contributed by atoms with Gasteiger partial charge in [-0.05, 0) is 122 Å². The molecule has 0 aromatic heterocycles. The molecule has 188 valence electrons. The van der Waals surface area contributed by atoms with Crippen LogP contribution in [-0.4, -0.2) is 22.4 Å². The number of fused-ring (bicyclic) bond motifs is 6. The Morgan fingerprint density at radius 2 is 1.42 bits per heavy atom. The number of allylic oxidation sites excluding steroid dienone is 2. The van der Waals surface area contributed by atoms with Crippen LogP contribution in [0.3, 0.4) is 0 Å². The van der Waals surface area contributed by atoms with Crippen LogP contribution < -0.4 is 0 Å². The summed E-state index contributed by atoms with van der Waals surface area (Å²) in [6, 6.07) is 0. The monoisotopic (exact) mass is 456 g/mol. The third-order valence-electron chi connectivity index (χ3n) is 13.8. The highest BCUT2D eigenvalue weighted by Crippen LogP contribution is 2.75. The second kappa shape index (κ2) is 7.12. The van der Waals surface area contributed by atoms with E-state index in [0.29, 0.717) is 22.7 Å². The lowest BCUT2D eigenvalue weighted by atomic mass is 9.35. The molecule has 3 saturated carbocycles. The van der Waals surface area contributed by atoms with E-state index in [0.717, 1.165) is 12.8 Å². The van der Waals surface area contributed by atoms with E-state index in [1.807, 2.05) is 18.1 Å². The lowest BCUT2D eigenvalue weighted by Gasteiger charge is -2.70. The Hall–Kier alpha value is -0.340. The summed E-state index contributed by atoms with van der Waals surface area (Å²) >= 11 is 0. The van der Waals surface area contributed by atoms with Crippen molar-refractivity contribution in [2.24, 2.45) is 44.3 Å². The van der Waals surface area contributed by atoms with E-state index in [-0.39, 0.29) is 33.9 Å². The van der Waals surface area contributed by atoms with Gasteiger partial charge in [0.05, 0.1) is 12.2 Å². The van der Waals surface area contributed by atoms with Crippen molar-refractivity contribution in [2.75, 3.05) is 0 Å². The largest absolute Gasteiger partial charge is 0.393 e. The molecule has 5 aliphatic carbocycles. The van der Waals surface area contributed by atoms with Gasteiger partial charge in [-0.25, -0.2) is 0 Å². The van der Waals surface area contributed by atoms with Crippen molar-refractivity contribution in [1.29, 1.82) is 0 Å². The summed E-state index contributed by atoms with van der Waals surface area (Å²) in [5, 5.41) is 21.6. The highest BCUT2D eigenvalue weighted by Gasteiger charge is 2.66. The molecule has 0 aliphatic heterocycles. The fourth-order valence-corrected chi connectivity index (χ4v) is 10.7. The zero-order valence-corrected chi connectivity index (χ0v) is 23.0. The van der Waals surface area contributed by atoms with E-state index in [9.17, 15) is 10.2 Å². The Kier molecular flexibility index (Phi) is 5.25. The predicted molar refractivity (Wildman–Crippen MR) is 137 cm³/mol. The molecule has 0 amide bonds. The average molecular weight is 457 g/mol. The Bertz CT molecular complexity index is 855. The molecule has 0 unspecified atom stereocenters. The maximum absolute atomic E-state index is 10.9. The van der Waals surface area contributed by atoms with Gasteiger partial charge in [0.15, 0.2) is 0 Å². The number of aliphatic hydroxyl groups excluding tert-OH is 2. The van der Waals surface area contributed by atoms with Crippen molar-refractivity contribution in [3.63, 3.8) is 0 Å².